The van der Waals surface area contributed by atoms with Gasteiger partial charge in [-0.2, -0.15) is 0 Å². The van der Waals surface area contributed by atoms with Gasteiger partial charge in [-0.25, -0.2) is 9.78 Å². The van der Waals surface area contributed by atoms with Gasteiger partial charge in [0, 0.05) is 35.4 Å². The van der Waals surface area contributed by atoms with Crippen molar-refractivity contribution in [2.45, 2.75) is 38.6 Å². The molecule has 0 saturated heterocycles. The van der Waals surface area contributed by atoms with E-state index in [-0.39, 0.29) is 18.1 Å². The van der Waals surface area contributed by atoms with E-state index in [1.807, 2.05) is 6.07 Å². The van der Waals surface area contributed by atoms with Crippen molar-refractivity contribution >= 4 is 40.3 Å². The molecule has 1 amide bonds. The highest BCUT2D eigenvalue weighted by Crippen LogP contribution is 2.28. The molecule has 6 nitrogen and oxygen atoms in total. The van der Waals surface area contributed by atoms with Crippen LogP contribution in [0.1, 0.15) is 32.1 Å². The smallest absolute Gasteiger partial charge is 0.330 e. The number of hydrogen-bond donors (Lipinski definition) is 1. The van der Waals surface area contributed by atoms with Crippen molar-refractivity contribution in [1.29, 1.82) is 0 Å². The largest absolute Gasteiger partial charge is 0.354 e. The van der Waals surface area contributed by atoms with Crippen molar-refractivity contribution in [3.63, 3.8) is 0 Å². The van der Waals surface area contributed by atoms with Gasteiger partial charge in [-0.15, -0.1) is 0 Å². The van der Waals surface area contributed by atoms with Crippen LogP contribution >= 0.6 is 23.2 Å². The predicted octanol–water partition coefficient (Wildman–Crippen LogP) is 4.41. The second kappa shape index (κ2) is 8.82. The van der Waals surface area contributed by atoms with E-state index in [1.165, 1.54) is 28.4 Å². The number of nitrogens with one attached hydrogen (secondary N) is 1. The minimum Gasteiger partial charge on any atom is -0.354 e. The summed E-state index contributed by atoms with van der Waals surface area (Å²) in [7, 11) is 1.68. The fraction of sp³-hybridized carbons (Fsp3) is 0.409. The number of hydrogen-bond acceptors (Lipinski definition) is 3. The average molecular weight is 447 g/mol. The van der Waals surface area contributed by atoms with Crippen molar-refractivity contribution in [1.82, 2.24) is 19.4 Å². The molecular weight excluding hydrogens is 423 g/mol. The van der Waals surface area contributed by atoms with Crippen LogP contribution in [0.15, 0.2) is 35.3 Å². The Hall–Kier alpha value is -2.31. The number of carbonyl (C=O) groups is 1. The Morgan fingerprint density at radius 3 is 2.50 bits per heavy atom. The maximum Gasteiger partial charge on any atom is 0.330 e. The molecule has 1 fully saturated rings. The molecule has 0 aliphatic heterocycles. The summed E-state index contributed by atoms with van der Waals surface area (Å²) in [5, 5.41) is 4.04. The van der Waals surface area contributed by atoms with Crippen LogP contribution in [-0.2, 0) is 18.4 Å². The van der Waals surface area contributed by atoms with E-state index in [4.69, 9.17) is 23.2 Å². The molecule has 0 radical (unpaired) electrons. The van der Waals surface area contributed by atoms with E-state index in [2.05, 4.69) is 10.3 Å². The molecule has 1 aliphatic rings. The minimum atomic E-state index is -0.272. The van der Waals surface area contributed by atoms with Gasteiger partial charge in [0.05, 0.1) is 5.52 Å². The van der Waals surface area contributed by atoms with E-state index in [0.29, 0.717) is 33.7 Å². The topological polar surface area (TPSA) is 68.9 Å². The SMILES string of the molecule is Cn1c(=O)n(CC(=O)NCC2CCCCC2)c2ncc(-c3cc(Cl)cc(Cl)c3)cc21. The third-order valence-corrected chi connectivity index (χ3v) is 6.23. The lowest BCUT2D eigenvalue weighted by atomic mass is 9.89. The van der Waals surface area contributed by atoms with Crippen molar-refractivity contribution in [2.24, 2.45) is 13.0 Å². The standard InChI is InChI=1S/C22H24Cl2N4O2/c1-27-19-9-16(15-7-17(23)10-18(24)8-15)12-26-21(19)28(22(27)30)13-20(29)25-11-14-5-3-2-4-6-14/h7-10,12,14H,2-6,11,13H2,1H3,(H,25,29). The summed E-state index contributed by atoms with van der Waals surface area (Å²) >= 11 is 12.2. The van der Waals surface area contributed by atoms with Crippen LogP contribution in [0.4, 0.5) is 0 Å². The first kappa shape index (κ1) is 20.9. The summed E-state index contributed by atoms with van der Waals surface area (Å²) in [5.41, 5.74) is 2.46. The van der Waals surface area contributed by atoms with Crippen LogP contribution < -0.4 is 11.0 Å². The normalized spacial score (nSPS) is 14.9. The van der Waals surface area contributed by atoms with Gasteiger partial charge >= 0.3 is 5.69 Å². The van der Waals surface area contributed by atoms with Gasteiger partial charge in [-0.05, 0) is 48.6 Å². The molecule has 2 aromatic heterocycles. The summed E-state index contributed by atoms with van der Waals surface area (Å²) in [4.78, 5) is 29.7. The quantitative estimate of drug-likeness (QED) is 0.630. The molecule has 2 heterocycles. The molecule has 1 aromatic carbocycles. The van der Waals surface area contributed by atoms with E-state index in [0.717, 1.165) is 24.0 Å². The number of rotatable bonds is 5. The number of aromatic nitrogens is 3. The number of aryl methyl sites for hydroxylation is 1. The second-order valence-electron chi connectivity index (χ2n) is 7.96. The summed E-state index contributed by atoms with van der Waals surface area (Å²) in [6, 6.07) is 7.12. The molecular formula is C22H24Cl2N4O2. The van der Waals surface area contributed by atoms with Crippen LogP contribution in [0.5, 0.6) is 0 Å². The molecule has 3 aromatic rings. The molecule has 8 heteroatoms. The van der Waals surface area contributed by atoms with Gasteiger partial charge in [0.1, 0.15) is 6.54 Å². The fourth-order valence-electron chi connectivity index (χ4n) is 4.15. The Kier molecular flexibility index (Phi) is 6.16. The van der Waals surface area contributed by atoms with Gasteiger partial charge in [-0.3, -0.25) is 13.9 Å². The highest BCUT2D eigenvalue weighted by molar-refractivity contribution is 6.35. The Labute approximate surface area is 184 Å². The number of imidazole rings is 1. The van der Waals surface area contributed by atoms with Crippen molar-refractivity contribution in [2.75, 3.05) is 6.54 Å². The summed E-state index contributed by atoms with van der Waals surface area (Å²) < 4.78 is 2.92. The number of pyridine rings is 1. The van der Waals surface area contributed by atoms with Gasteiger partial charge in [0.15, 0.2) is 5.65 Å². The third kappa shape index (κ3) is 4.40. The third-order valence-electron chi connectivity index (χ3n) is 5.79. The van der Waals surface area contributed by atoms with Crippen LogP contribution in [0.2, 0.25) is 10.0 Å². The number of amides is 1. The second-order valence-corrected chi connectivity index (χ2v) is 8.83. The van der Waals surface area contributed by atoms with Crippen molar-refractivity contribution < 1.29 is 4.79 Å². The number of benzene rings is 1. The molecule has 1 aliphatic carbocycles. The average Bonchev–Trinajstić information content (AvgIpc) is 2.97. The van der Waals surface area contributed by atoms with E-state index >= 15 is 0 Å². The summed E-state index contributed by atoms with van der Waals surface area (Å²) in [6.45, 7) is 0.629. The Balaban J connectivity index is 1.57. The Morgan fingerprint density at radius 1 is 1.10 bits per heavy atom. The highest BCUT2D eigenvalue weighted by Gasteiger charge is 2.18. The Morgan fingerprint density at radius 2 is 1.80 bits per heavy atom. The summed E-state index contributed by atoms with van der Waals surface area (Å²) in [6.07, 6.45) is 7.73. The zero-order valence-electron chi connectivity index (χ0n) is 16.8. The molecule has 0 spiro atoms. The maximum absolute atomic E-state index is 12.7. The van der Waals surface area contributed by atoms with Crippen molar-refractivity contribution in [3.05, 3.63) is 51.0 Å². The number of halogens is 2. The van der Waals surface area contributed by atoms with Crippen molar-refractivity contribution in [3.8, 4) is 11.1 Å². The zero-order valence-corrected chi connectivity index (χ0v) is 18.3. The molecule has 30 heavy (non-hydrogen) atoms. The molecule has 0 bridgehead atoms. The monoisotopic (exact) mass is 446 g/mol. The summed E-state index contributed by atoms with van der Waals surface area (Å²) in [5.74, 6) is 0.375. The van der Waals surface area contributed by atoms with Gasteiger partial charge < -0.3 is 5.32 Å². The first-order valence-electron chi connectivity index (χ1n) is 10.2. The lowest BCUT2D eigenvalue weighted by molar-refractivity contribution is -0.121. The van der Waals surface area contributed by atoms with Crippen LogP contribution in [0.25, 0.3) is 22.3 Å². The first-order valence-corrected chi connectivity index (χ1v) is 11.0. The number of carbonyl (C=O) groups excluding carboxylic acids is 1. The lowest BCUT2D eigenvalue weighted by Gasteiger charge is -2.21. The predicted molar refractivity (Wildman–Crippen MR) is 120 cm³/mol. The highest BCUT2D eigenvalue weighted by atomic mass is 35.5. The zero-order chi connectivity index (χ0) is 21.3. The van der Waals surface area contributed by atoms with E-state index in [9.17, 15) is 9.59 Å². The molecule has 0 atom stereocenters. The van der Waals surface area contributed by atoms with Gasteiger partial charge in [0.25, 0.3) is 0 Å². The van der Waals surface area contributed by atoms with Gasteiger partial charge in [0.2, 0.25) is 5.91 Å². The molecule has 4 rings (SSSR count). The first-order chi connectivity index (χ1) is 14.4. The number of fused-ring (bicyclic) bond motifs is 1. The molecule has 1 saturated carbocycles. The maximum atomic E-state index is 12.7. The van der Waals surface area contributed by atoms with E-state index in [1.54, 1.807) is 31.4 Å². The van der Waals surface area contributed by atoms with Crippen LogP contribution in [-0.4, -0.2) is 26.6 Å². The van der Waals surface area contributed by atoms with E-state index < -0.39 is 0 Å². The molecule has 0 unspecified atom stereocenters. The van der Waals surface area contributed by atoms with Crippen LogP contribution in [0.3, 0.4) is 0 Å². The molecule has 158 valence electrons. The van der Waals surface area contributed by atoms with Crippen LogP contribution in [0, 0.1) is 5.92 Å². The minimum absolute atomic E-state index is 0.0434. The Bertz CT molecular complexity index is 1130. The fourth-order valence-corrected chi connectivity index (χ4v) is 4.67. The molecule has 1 N–H and O–H groups in total. The number of nitrogens with zero attached hydrogens (tertiary/aromatic N) is 3. The lowest BCUT2D eigenvalue weighted by Crippen LogP contribution is -2.35. The van der Waals surface area contributed by atoms with Gasteiger partial charge in [-0.1, -0.05) is 42.5 Å².